The molecule has 0 bridgehead atoms. The summed E-state index contributed by atoms with van der Waals surface area (Å²) in [6.07, 6.45) is 3.70. The van der Waals surface area contributed by atoms with Crippen molar-refractivity contribution in [3.63, 3.8) is 0 Å². The van der Waals surface area contributed by atoms with Crippen LogP contribution < -0.4 is 9.80 Å². The van der Waals surface area contributed by atoms with E-state index in [4.69, 9.17) is 0 Å². The van der Waals surface area contributed by atoms with Gasteiger partial charge in [-0.05, 0) is 50.6 Å². The average molecular weight is 364 g/mol. The molecule has 0 aromatic heterocycles. The molecular formula is C23H29N3O. The number of amides is 1. The Morgan fingerprint density at radius 2 is 1.52 bits per heavy atom. The van der Waals surface area contributed by atoms with Crippen molar-refractivity contribution < 1.29 is 4.79 Å². The molecule has 2 heterocycles. The van der Waals surface area contributed by atoms with Gasteiger partial charge in [0.1, 0.15) is 0 Å². The monoisotopic (exact) mass is 363 g/mol. The molecule has 4 rings (SSSR count). The predicted octanol–water partition coefficient (Wildman–Crippen LogP) is 3.91. The lowest BCUT2D eigenvalue weighted by Gasteiger charge is -2.40. The van der Waals surface area contributed by atoms with E-state index in [1.807, 2.05) is 11.0 Å². The number of anilines is 2. The zero-order chi connectivity index (χ0) is 18.6. The Balaban J connectivity index is 1.54. The van der Waals surface area contributed by atoms with E-state index in [1.165, 1.54) is 24.8 Å². The maximum atomic E-state index is 13.3. The first kappa shape index (κ1) is 18.1. The van der Waals surface area contributed by atoms with E-state index in [0.29, 0.717) is 0 Å². The molecule has 142 valence electrons. The van der Waals surface area contributed by atoms with Gasteiger partial charge in [-0.2, -0.15) is 0 Å². The number of benzene rings is 2. The summed E-state index contributed by atoms with van der Waals surface area (Å²) in [6, 6.07) is 18.8. The molecule has 2 aliphatic heterocycles. The first-order chi connectivity index (χ1) is 13.2. The summed E-state index contributed by atoms with van der Waals surface area (Å²) in [5, 5.41) is 0. The van der Waals surface area contributed by atoms with Crippen molar-refractivity contribution in [2.45, 2.75) is 38.8 Å². The van der Waals surface area contributed by atoms with E-state index in [-0.39, 0.29) is 11.9 Å². The van der Waals surface area contributed by atoms with Crippen molar-refractivity contribution in [1.82, 2.24) is 4.90 Å². The normalized spacial score (nSPS) is 18.9. The van der Waals surface area contributed by atoms with E-state index < -0.39 is 0 Å². The first-order valence-corrected chi connectivity index (χ1v) is 10.2. The van der Waals surface area contributed by atoms with Crippen LogP contribution in [0, 0.1) is 0 Å². The van der Waals surface area contributed by atoms with Gasteiger partial charge in [0.2, 0.25) is 5.91 Å². The highest BCUT2D eigenvalue weighted by Gasteiger charge is 2.32. The fourth-order valence-corrected chi connectivity index (χ4v) is 4.31. The molecule has 27 heavy (non-hydrogen) atoms. The third-order valence-electron chi connectivity index (χ3n) is 5.88. The molecule has 0 saturated carbocycles. The van der Waals surface area contributed by atoms with Crippen LogP contribution in [0.3, 0.4) is 0 Å². The van der Waals surface area contributed by atoms with E-state index in [0.717, 1.165) is 44.1 Å². The van der Waals surface area contributed by atoms with Crippen LogP contribution in [0.2, 0.25) is 0 Å². The van der Waals surface area contributed by atoms with Gasteiger partial charge in [0.25, 0.3) is 0 Å². The van der Waals surface area contributed by atoms with Crippen molar-refractivity contribution in [2.75, 3.05) is 36.0 Å². The van der Waals surface area contributed by atoms with Crippen molar-refractivity contribution in [3.05, 3.63) is 60.2 Å². The SMILES string of the molecule is CC(C(=O)N1CCN(Cc2ccccc2)c2ccccc21)N1CCCCC1. The van der Waals surface area contributed by atoms with Crippen LogP contribution in [0.5, 0.6) is 0 Å². The van der Waals surface area contributed by atoms with Crippen LogP contribution in [-0.2, 0) is 11.3 Å². The second-order valence-electron chi connectivity index (χ2n) is 7.66. The van der Waals surface area contributed by atoms with Crippen molar-refractivity contribution in [2.24, 2.45) is 0 Å². The first-order valence-electron chi connectivity index (χ1n) is 10.2. The lowest BCUT2D eigenvalue weighted by molar-refractivity contribution is -0.123. The summed E-state index contributed by atoms with van der Waals surface area (Å²) in [6.45, 7) is 6.66. The third kappa shape index (κ3) is 3.86. The third-order valence-corrected chi connectivity index (χ3v) is 5.88. The molecule has 0 radical (unpaired) electrons. The van der Waals surface area contributed by atoms with Gasteiger partial charge in [-0.1, -0.05) is 48.9 Å². The molecule has 1 amide bonds. The number of rotatable bonds is 4. The van der Waals surface area contributed by atoms with Crippen LogP contribution in [0.1, 0.15) is 31.7 Å². The number of piperidine rings is 1. The molecule has 0 aliphatic carbocycles. The van der Waals surface area contributed by atoms with E-state index in [2.05, 4.69) is 65.3 Å². The molecule has 2 aromatic carbocycles. The standard InChI is InChI=1S/C23H29N3O/c1-19(24-14-8-3-9-15-24)23(27)26-17-16-25(18-20-10-4-2-5-11-20)21-12-6-7-13-22(21)26/h2,4-7,10-13,19H,3,8-9,14-18H2,1H3. The number of fused-ring (bicyclic) bond motifs is 1. The summed E-state index contributed by atoms with van der Waals surface area (Å²) in [7, 11) is 0. The van der Waals surface area contributed by atoms with Gasteiger partial charge in [0, 0.05) is 19.6 Å². The molecule has 4 nitrogen and oxygen atoms in total. The van der Waals surface area contributed by atoms with Gasteiger partial charge in [0.05, 0.1) is 17.4 Å². The summed E-state index contributed by atoms with van der Waals surface area (Å²) < 4.78 is 0. The molecule has 1 saturated heterocycles. The zero-order valence-corrected chi connectivity index (χ0v) is 16.2. The quantitative estimate of drug-likeness (QED) is 0.824. The van der Waals surface area contributed by atoms with Crippen LogP contribution in [-0.4, -0.2) is 43.0 Å². The number of hydrogen-bond donors (Lipinski definition) is 0. The minimum atomic E-state index is -0.0426. The lowest BCUT2D eigenvalue weighted by atomic mass is 10.1. The highest BCUT2D eigenvalue weighted by molar-refractivity contribution is 6.00. The van der Waals surface area contributed by atoms with E-state index >= 15 is 0 Å². The summed E-state index contributed by atoms with van der Waals surface area (Å²) in [4.78, 5) is 20.0. The van der Waals surface area contributed by atoms with Crippen LogP contribution in [0.4, 0.5) is 11.4 Å². The topological polar surface area (TPSA) is 26.8 Å². The Morgan fingerprint density at radius 3 is 2.26 bits per heavy atom. The number of hydrogen-bond acceptors (Lipinski definition) is 3. The second kappa shape index (κ2) is 8.13. The second-order valence-corrected chi connectivity index (χ2v) is 7.66. The number of para-hydroxylation sites is 2. The highest BCUT2D eigenvalue weighted by atomic mass is 16.2. The Kier molecular flexibility index (Phi) is 5.44. The zero-order valence-electron chi connectivity index (χ0n) is 16.2. The van der Waals surface area contributed by atoms with Gasteiger partial charge in [0.15, 0.2) is 0 Å². The molecule has 1 fully saturated rings. The van der Waals surface area contributed by atoms with Crippen LogP contribution >= 0.6 is 0 Å². The Morgan fingerprint density at radius 1 is 0.852 bits per heavy atom. The average Bonchev–Trinajstić information content (AvgIpc) is 2.74. The summed E-state index contributed by atoms with van der Waals surface area (Å²) in [5.41, 5.74) is 3.51. The molecule has 1 unspecified atom stereocenters. The summed E-state index contributed by atoms with van der Waals surface area (Å²) >= 11 is 0. The van der Waals surface area contributed by atoms with Crippen molar-refractivity contribution >= 4 is 17.3 Å². The van der Waals surface area contributed by atoms with Crippen LogP contribution in [0.15, 0.2) is 54.6 Å². The van der Waals surface area contributed by atoms with Crippen LogP contribution in [0.25, 0.3) is 0 Å². The van der Waals surface area contributed by atoms with E-state index in [9.17, 15) is 4.79 Å². The minimum absolute atomic E-state index is 0.0426. The molecular weight excluding hydrogens is 334 g/mol. The maximum absolute atomic E-state index is 13.3. The molecule has 0 N–H and O–H groups in total. The molecule has 2 aliphatic rings. The van der Waals surface area contributed by atoms with Gasteiger partial charge < -0.3 is 9.80 Å². The van der Waals surface area contributed by atoms with Gasteiger partial charge in [-0.15, -0.1) is 0 Å². The van der Waals surface area contributed by atoms with E-state index in [1.54, 1.807) is 0 Å². The van der Waals surface area contributed by atoms with Crippen molar-refractivity contribution in [3.8, 4) is 0 Å². The van der Waals surface area contributed by atoms with Gasteiger partial charge in [-0.3, -0.25) is 9.69 Å². The number of nitrogens with zero attached hydrogens (tertiary/aromatic N) is 3. The molecule has 2 aromatic rings. The lowest BCUT2D eigenvalue weighted by Crippen LogP contribution is -2.52. The number of carbonyl (C=O) groups is 1. The summed E-state index contributed by atoms with van der Waals surface area (Å²) in [5.74, 6) is 0.240. The Labute approximate surface area is 162 Å². The largest absolute Gasteiger partial charge is 0.364 e. The molecule has 0 spiro atoms. The number of carbonyl (C=O) groups excluding carboxylic acids is 1. The Bertz CT molecular complexity index is 770. The minimum Gasteiger partial charge on any atom is -0.364 e. The number of likely N-dealkylation sites (tertiary alicyclic amines) is 1. The highest BCUT2D eigenvalue weighted by Crippen LogP contribution is 2.34. The smallest absolute Gasteiger partial charge is 0.244 e. The maximum Gasteiger partial charge on any atom is 0.244 e. The fraction of sp³-hybridized carbons (Fsp3) is 0.435. The van der Waals surface area contributed by atoms with Gasteiger partial charge in [-0.25, -0.2) is 0 Å². The fourth-order valence-electron chi connectivity index (χ4n) is 4.31. The Hall–Kier alpha value is -2.33. The predicted molar refractivity (Wildman–Crippen MR) is 111 cm³/mol. The van der Waals surface area contributed by atoms with Crippen molar-refractivity contribution in [1.29, 1.82) is 0 Å². The molecule has 1 atom stereocenters. The molecule has 4 heteroatoms. The van der Waals surface area contributed by atoms with Gasteiger partial charge >= 0.3 is 0 Å².